The van der Waals surface area contributed by atoms with Gasteiger partial charge in [-0.25, -0.2) is 4.79 Å². The topological polar surface area (TPSA) is 99.8 Å². The van der Waals surface area contributed by atoms with Crippen molar-refractivity contribution in [1.82, 2.24) is 19.9 Å². The standard InChI is InChI=1S/C19H21ClN4O4/c1-19(27,12-5-7-13(20)8-6-12)10-15-21-16(28-22-15)11-24-17(25)14-4-2-3-9-23(14)18(24)26/h5-8,14,27H,2-4,9-11H2,1H3/t14-,19+/m0/s1. The van der Waals surface area contributed by atoms with Crippen LogP contribution in [-0.2, 0) is 23.4 Å². The number of aromatic nitrogens is 2. The molecule has 4 rings (SSSR count). The summed E-state index contributed by atoms with van der Waals surface area (Å²) >= 11 is 5.89. The Labute approximate surface area is 167 Å². The third kappa shape index (κ3) is 3.49. The van der Waals surface area contributed by atoms with Crippen molar-refractivity contribution in [3.8, 4) is 0 Å². The lowest BCUT2D eigenvalue weighted by Crippen LogP contribution is -2.38. The molecule has 0 radical (unpaired) electrons. The van der Waals surface area contributed by atoms with Crippen LogP contribution in [0.5, 0.6) is 0 Å². The molecule has 1 aromatic carbocycles. The second-order valence-electron chi connectivity index (χ2n) is 7.47. The Morgan fingerprint density at radius 1 is 1.29 bits per heavy atom. The Kier molecular flexibility index (Phi) is 4.84. The number of rotatable bonds is 5. The van der Waals surface area contributed by atoms with Gasteiger partial charge in [-0.15, -0.1) is 0 Å². The Hall–Kier alpha value is -2.45. The summed E-state index contributed by atoms with van der Waals surface area (Å²) in [7, 11) is 0. The summed E-state index contributed by atoms with van der Waals surface area (Å²) in [5.41, 5.74) is -0.545. The van der Waals surface area contributed by atoms with E-state index in [0.717, 1.165) is 12.8 Å². The summed E-state index contributed by atoms with van der Waals surface area (Å²) < 4.78 is 5.22. The van der Waals surface area contributed by atoms with E-state index in [2.05, 4.69) is 10.1 Å². The van der Waals surface area contributed by atoms with Gasteiger partial charge in [-0.05, 0) is 43.9 Å². The maximum Gasteiger partial charge on any atom is 0.327 e. The minimum Gasteiger partial charge on any atom is -0.385 e. The average Bonchev–Trinajstić information content (AvgIpc) is 3.20. The summed E-state index contributed by atoms with van der Waals surface area (Å²) in [6, 6.07) is 6.21. The second kappa shape index (κ2) is 7.18. The van der Waals surface area contributed by atoms with Gasteiger partial charge in [-0.2, -0.15) is 4.98 Å². The van der Waals surface area contributed by atoms with Gasteiger partial charge in [0.15, 0.2) is 5.82 Å². The van der Waals surface area contributed by atoms with Gasteiger partial charge in [0, 0.05) is 18.0 Å². The molecule has 1 aromatic heterocycles. The van der Waals surface area contributed by atoms with Crippen molar-refractivity contribution in [2.45, 2.75) is 50.8 Å². The largest absolute Gasteiger partial charge is 0.385 e. The summed E-state index contributed by atoms with van der Waals surface area (Å²) in [5, 5.41) is 15.2. The molecule has 148 valence electrons. The van der Waals surface area contributed by atoms with Gasteiger partial charge in [-0.1, -0.05) is 28.9 Å². The molecule has 3 heterocycles. The van der Waals surface area contributed by atoms with E-state index in [0.29, 0.717) is 29.4 Å². The fourth-order valence-electron chi connectivity index (χ4n) is 3.77. The van der Waals surface area contributed by atoms with Crippen LogP contribution in [0.15, 0.2) is 28.8 Å². The molecule has 0 spiro atoms. The molecule has 9 heteroatoms. The molecule has 3 amide bonds. The van der Waals surface area contributed by atoms with Crippen LogP contribution in [0.25, 0.3) is 0 Å². The summed E-state index contributed by atoms with van der Waals surface area (Å²) in [6.45, 7) is 2.20. The maximum atomic E-state index is 12.5. The number of hydrogen-bond acceptors (Lipinski definition) is 6. The number of carbonyl (C=O) groups excluding carboxylic acids is 2. The highest BCUT2D eigenvalue weighted by molar-refractivity contribution is 6.30. The van der Waals surface area contributed by atoms with Crippen molar-refractivity contribution in [3.05, 3.63) is 46.6 Å². The smallest absolute Gasteiger partial charge is 0.327 e. The Morgan fingerprint density at radius 3 is 2.75 bits per heavy atom. The van der Waals surface area contributed by atoms with E-state index in [1.165, 1.54) is 4.90 Å². The zero-order valence-electron chi connectivity index (χ0n) is 15.5. The maximum absolute atomic E-state index is 12.5. The van der Waals surface area contributed by atoms with E-state index in [4.69, 9.17) is 16.1 Å². The molecule has 2 atom stereocenters. The molecule has 2 aromatic rings. The van der Waals surface area contributed by atoms with Crippen molar-refractivity contribution >= 4 is 23.5 Å². The van der Waals surface area contributed by atoms with E-state index in [-0.39, 0.29) is 36.8 Å². The lowest BCUT2D eigenvalue weighted by atomic mass is 9.92. The highest BCUT2D eigenvalue weighted by Gasteiger charge is 2.46. The quantitative estimate of drug-likeness (QED) is 0.768. The third-order valence-electron chi connectivity index (χ3n) is 5.30. The Bertz CT molecular complexity index is 872. The highest BCUT2D eigenvalue weighted by atomic mass is 35.5. The first-order valence-electron chi connectivity index (χ1n) is 9.27. The van der Waals surface area contributed by atoms with Crippen molar-refractivity contribution in [3.63, 3.8) is 0 Å². The summed E-state index contributed by atoms with van der Waals surface area (Å²) in [6.07, 6.45) is 2.67. The number of imide groups is 1. The van der Waals surface area contributed by atoms with E-state index in [1.54, 1.807) is 36.1 Å². The number of urea groups is 1. The SMILES string of the molecule is C[C@@](O)(Cc1noc(CN2C(=O)[C@@H]3CCCCN3C2=O)n1)c1ccc(Cl)cc1. The lowest BCUT2D eigenvalue weighted by molar-refractivity contribution is -0.129. The molecule has 2 aliphatic heterocycles. The molecule has 28 heavy (non-hydrogen) atoms. The molecule has 2 aliphatic rings. The van der Waals surface area contributed by atoms with Crippen LogP contribution in [0.2, 0.25) is 5.02 Å². The monoisotopic (exact) mass is 404 g/mol. The molecule has 2 fully saturated rings. The number of benzene rings is 1. The van der Waals surface area contributed by atoms with Gasteiger partial charge >= 0.3 is 6.03 Å². The Balaban J connectivity index is 1.45. The fourth-order valence-corrected chi connectivity index (χ4v) is 3.90. The molecular formula is C19H21ClN4O4. The second-order valence-corrected chi connectivity index (χ2v) is 7.91. The van der Waals surface area contributed by atoms with Crippen LogP contribution < -0.4 is 0 Å². The molecule has 0 saturated carbocycles. The van der Waals surface area contributed by atoms with E-state index in [9.17, 15) is 14.7 Å². The van der Waals surface area contributed by atoms with Gasteiger partial charge in [-0.3, -0.25) is 9.69 Å². The van der Waals surface area contributed by atoms with E-state index >= 15 is 0 Å². The van der Waals surface area contributed by atoms with Crippen molar-refractivity contribution in [1.29, 1.82) is 0 Å². The minimum atomic E-state index is -1.22. The van der Waals surface area contributed by atoms with Crippen LogP contribution in [0.4, 0.5) is 4.79 Å². The molecule has 1 N–H and O–H groups in total. The van der Waals surface area contributed by atoms with Gasteiger partial charge in [0.25, 0.3) is 5.91 Å². The molecule has 0 aliphatic carbocycles. The van der Waals surface area contributed by atoms with Crippen LogP contribution in [0, 0.1) is 0 Å². The average molecular weight is 405 g/mol. The van der Waals surface area contributed by atoms with Gasteiger partial charge < -0.3 is 14.5 Å². The van der Waals surface area contributed by atoms with Crippen LogP contribution in [0.1, 0.15) is 43.5 Å². The van der Waals surface area contributed by atoms with Gasteiger partial charge in [0.05, 0.1) is 5.60 Å². The zero-order valence-corrected chi connectivity index (χ0v) is 16.2. The fraction of sp³-hybridized carbons (Fsp3) is 0.474. The number of piperidine rings is 1. The molecule has 2 saturated heterocycles. The van der Waals surface area contributed by atoms with Gasteiger partial charge in [0.1, 0.15) is 12.6 Å². The molecule has 8 nitrogen and oxygen atoms in total. The number of carbonyl (C=O) groups is 2. The predicted octanol–water partition coefficient (Wildman–Crippen LogP) is 2.49. The number of aliphatic hydroxyl groups is 1. The minimum absolute atomic E-state index is 0.0548. The number of hydrogen-bond donors (Lipinski definition) is 1. The first kappa shape index (κ1) is 18.9. The molecule has 0 bridgehead atoms. The van der Waals surface area contributed by atoms with E-state index < -0.39 is 5.60 Å². The van der Waals surface area contributed by atoms with Crippen molar-refractivity contribution in [2.75, 3.05) is 6.54 Å². The summed E-state index contributed by atoms with van der Waals surface area (Å²) in [4.78, 5) is 32.1. The first-order valence-corrected chi connectivity index (χ1v) is 9.65. The molecule has 0 unspecified atom stereocenters. The van der Waals surface area contributed by atoms with Crippen LogP contribution in [-0.4, -0.2) is 49.6 Å². The number of nitrogens with zero attached hydrogens (tertiary/aromatic N) is 4. The zero-order chi connectivity index (χ0) is 19.9. The normalized spacial score (nSPS) is 21.8. The number of fused-ring (bicyclic) bond motifs is 1. The number of halogens is 1. The number of amides is 3. The van der Waals surface area contributed by atoms with Crippen molar-refractivity contribution < 1.29 is 19.2 Å². The highest BCUT2D eigenvalue weighted by Crippen LogP contribution is 2.28. The Morgan fingerprint density at radius 2 is 2.04 bits per heavy atom. The lowest BCUT2D eigenvalue weighted by Gasteiger charge is -2.25. The first-order chi connectivity index (χ1) is 13.3. The molecular weight excluding hydrogens is 384 g/mol. The van der Waals surface area contributed by atoms with E-state index in [1.807, 2.05) is 0 Å². The van der Waals surface area contributed by atoms with Crippen molar-refractivity contribution in [2.24, 2.45) is 0 Å². The van der Waals surface area contributed by atoms with Gasteiger partial charge in [0.2, 0.25) is 5.89 Å². The predicted molar refractivity (Wildman–Crippen MR) is 99.3 cm³/mol. The van der Waals surface area contributed by atoms with Crippen LogP contribution >= 0.6 is 11.6 Å². The summed E-state index contributed by atoms with van der Waals surface area (Å²) in [5.74, 6) is 0.257. The third-order valence-corrected chi connectivity index (χ3v) is 5.55. The van der Waals surface area contributed by atoms with Crippen LogP contribution in [0.3, 0.4) is 0 Å².